The molecule has 1 aromatic rings. The summed E-state index contributed by atoms with van der Waals surface area (Å²) in [5.74, 6) is 1.02. The third kappa shape index (κ3) is 2.77. The van der Waals surface area contributed by atoms with Gasteiger partial charge in [0.1, 0.15) is 6.04 Å². The van der Waals surface area contributed by atoms with Gasteiger partial charge in [-0.2, -0.15) is 11.8 Å². The molecule has 0 aromatic heterocycles. The van der Waals surface area contributed by atoms with E-state index in [0.717, 1.165) is 18.8 Å². The average Bonchev–Trinajstić information content (AvgIpc) is 2.31. The van der Waals surface area contributed by atoms with Crippen LogP contribution < -0.4 is 0 Å². The number of carboxylic acid groups (broad SMARTS) is 1. The molecule has 1 N–H and O–H groups in total. The van der Waals surface area contributed by atoms with Gasteiger partial charge in [-0.15, -0.1) is 0 Å². The third-order valence-electron chi connectivity index (χ3n) is 2.75. The number of thioether (sulfide) groups is 1. The lowest BCUT2D eigenvalue weighted by Gasteiger charge is -2.32. The summed E-state index contributed by atoms with van der Waals surface area (Å²) in [4.78, 5) is 13.1. The maximum Gasteiger partial charge on any atom is 0.321 e. The molecule has 1 aliphatic rings. The molecule has 0 aliphatic carbocycles. The van der Waals surface area contributed by atoms with Gasteiger partial charge >= 0.3 is 5.97 Å². The Morgan fingerprint density at radius 3 is 2.88 bits per heavy atom. The summed E-state index contributed by atoms with van der Waals surface area (Å²) in [5, 5.41) is 9.13. The highest BCUT2D eigenvalue weighted by Crippen LogP contribution is 2.19. The summed E-state index contributed by atoms with van der Waals surface area (Å²) >= 11 is 1.72. The Bertz CT molecular complexity index is 355. The van der Waals surface area contributed by atoms with Crippen molar-refractivity contribution in [2.45, 2.75) is 12.6 Å². The maximum atomic E-state index is 11.1. The Hall–Kier alpha value is -1.00. The number of aliphatic carboxylic acids is 1. The van der Waals surface area contributed by atoms with Crippen LogP contribution in [0.4, 0.5) is 0 Å². The Morgan fingerprint density at radius 1 is 1.44 bits per heavy atom. The maximum absolute atomic E-state index is 11.1. The van der Waals surface area contributed by atoms with E-state index in [1.165, 1.54) is 5.56 Å². The summed E-state index contributed by atoms with van der Waals surface area (Å²) < 4.78 is 0. The smallest absolute Gasteiger partial charge is 0.321 e. The number of hydrogen-bond acceptors (Lipinski definition) is 3. The molecule has 0 spiro atoms. The molecule has 1 atom stereocenters. The van der Waals surface area contributed by atoms with Gasteiger partial charge in [-0.1, -0.05) is 30.3 Å². The zero-order chi connectivity index (χ0) is 11.4. The minimum Gasteiger partial charge on any atom is -0.480 e. The lowest BCUT2D eigenvalue weighted by atomic mass is 10.2. The fourth-order valence-corrected chi connectivity index (χ4v) is 2.98. The lowest BCUT2D eigenvalue weighted by Crippen LogP contribution is -2.46. The molecule has 1 fully saturated rings. The third-order valence-corrected chi connectivity index (χ3v) is 3.78. The van der Waals surface area contributed by atoms with Crippen LogP contribution in [0.25, 0.3) is 0 Å². The average molecular weight is 237 g/mol. The van der Waals surface area contributed by atoms with Crippen LogP contribution in [0.15, 0.2) is 30.3 Å². The van der Waals surface area contributed by atoms with E-state index < -0.39 is 5.97 Å². The minimum atomic E-state index is -0.705. The number of benzene rings is 1. The molecular formula is C12H15NO2S. The molecule has 4 heteroatoms. The topological polar surface area (TPSA) is 40.5 Å². The zero-order valence-electron chi connectivity index (χ0n) is 9.00. The molecule has 1 aromatic carbocycles. The molecule has 0 radical (unpaired) electrons. The monoisotopic (exact) mass is 237 g/mol. The van der Waals surface area contributed by atoms with E-state index in [4.69, 9.17) is 5.11 Å². The summed E-state index contributed by atoms with van der Waals surface area (Å²) in [6.07, 6.45) is 0. The fourth-order valence-electron chi connectivity index (χ4n) is 1.87. The predicted octanol–water partition coefficient (Wildman–Crippen LogP) is 1.69. The molecule has 1 heterocycles. The fraction of sp³-hybridized carbons (Fsp3) is 0.417. The Balaban J connectivity index is 2.04. The Morgan fingerprint density at radius 2 is 2.19 bits per heavy atom. The van der Waals surface area contributed by atoms with E-state index in [-0.39, 0.29) is 6.04 Å². The van der Waals surface area contributed by atoms with Crippen LogP contribution in [-0.2, 0) is 11.3 Å². The lowest BCUT2D eigenvalue weighted by molar-refractivity contribution is -0.142. The van der Waals surface area contributed by atoms with E-state index >= 15 is 0 Å². The first kappa shape index (κ1) is 11.5. The molecule has 1 aliphatic heterocycles. The SMILES string of the molecule is O=C(O)C1CSCCN1Cc1ccccc1. The van der Waals surface area contributed by atoms with Crippen molar-refractivity contribution in [1.29, 1.82) is 0 Å². The van der Waals surface area contributed by atoms with Crippen molar-refractivity contribution in [3.63, 3.8) is 0 Å². The van der Waals surface area contributed by atoms with Gasteiger partial charge in [-0.05, 0) is 5.56 Å². The van der Waals surface area contributed by atoms with E-state index in [2.05, 4.69) is 0 Å². The summed E-state index contributed by atoms with van der Waals surface area (Å²) in [6.45, 7) is 1.59. The molecular weight excluding hydrogens is 222 g/mol. The molecule has 86 valence electrons. The quantitative estimate of drug-likeness (QED) is 0.868. The van der Waals surface area contributed by atoms with E-state index in [9.17, 15) is 4.79 Å². The number of carbonyl (C=O) groups is 1. The van der Waals surface area contributed by atoms with Gasteiger partial charge in [0.05, 0.1) is 0 Å². The van der Waals surface area contributed by atoms with Crippen molar-refractivity contribution in [1.82, 2.24) is 4.90 Å². The first-order valence-corrected chi connectivity index (χ1v) is 6.51. The normalized spacial score (nSPS) is 21.9. The first-order chi connectivity index (χ1) is 7.77. The molecule has 2 rings (SSSR count). The van der Waals surface area contributed by atoms with Gasteiger partial charge in [0.2, 0.25) is 0 Å². The second-order valence-electron chi connectivity index (χ2n) is 3.89. The highest BCUT2D eigenvalue weighted by atomic mass is 32.2. The van der Waals surface area contributed by atoms with Crippen molar-refractivity contribution in [2.24, 2.45) is 0 Å². The van der Waals surface area contributed by atoms with Gasteiger partial charge < -0.3 is 5.11 Å². The highest BCUT2D eigenvalue weighted by molar-refractivity contribution is 7.99. The first-order valence-electron chi connectivity index (χ1n) is 5.36. The summed E-state index contributed by atoms with van der Waals surface area (Å²) in [5.41, 5.74) is 1.18. The summed E-state index contributed by atoms with van der Waals surface area (Å²) in [6, 6.07) is 9.71. The molecule has 0 saturated carbocycles. The van der Waals surface area contributed by atoms with Crippen LogP contribution in [0.2, 0.25) is 0 Å². The van der Waals surface area contributed by atoms with Gasteiger partial charge in [0.15, 0.2) is 0 Å². The molecule has 16 heavy (non-hydrogen) atoms. The summed E-state index contributed by atoms with van der Waals surface area (Å²) in [7, 11) is 0. The van der Waals surface area contributed by atoms with E-state index in [1.807, 2.05) is 35.2 Å². The van der Waals surface area contributed by atoms with Crippen LogP contribution in [0.1, 0.15) is 5.56 Å². The highest BCUT2D eigenvalue weighted by Gasteiger charge is 2.28. The number of nitrogens with zero attached hydrogens (tertiary/aromatic N) is 1. The van der Waals surface area contributed by atoms with Crippen LogP contribution in [0, 0.1) is 0 Å². The van der Waals surface area contributed by atoms with Crippen molar-refractivity contribution in [2.75, 3.05) is 18.1 Å². The molecule has 1 unspecified atom stereocenters. The van der Waals surface area contributed by atoms with Crippen LogP contribution >= 0.6 is 11.8 Å². The molecule has 3 nitrogen and oxygen atoms in total. The molecule has 1 saturated heterocycles. The van der Waals surface area contributed by atoms with Crippen LogP contribution in [-0.4, -0.2) is 40.1 Å². The van der Waals surface area contributed by atoms with Gasteiger partial charge in [0.25, 0.3) is 0 Å². The van der Waals surface area contributed by atoms with Crippen molar-refractivity contribution >= 4 is 17.7 Å². The van der Waals surface area contributed by atoms with Crippen LogP contribution in [0.5, 0.6) is 0 Å². The van der Waals surface area contributed by atoms with Crippen molar-refractivity contribution in [3.05, 3.63) is 35.9 Å². The number of hydrogen-bond donors (Lipinski definition) is 1. The van der Waals surface area contributed by atoms with Gasteiger partial charge in [-0.25, -0.2) is 0 Å². The molecule has 0 amide bonds. The zero-order valence-corrected chi connectivity index (χ0v) is 9.82. The number of carboxylic acids is 1. The Kier molecular flexibility index (Phi) is 3.85. The second kappa shape index (κ2) is 5.37. The predicted molar refractivity (Wildman–Crippen MR) is 65.6 cm³/mol. The van der Waals surface area contributed by atoms with Crippen molar-refractivity contribution < 1.29 is 9.90 Å². The van der Waals surface area contributed by atoms with Gasteiger partial charge in [0, 0.05) is 24.6 Å². The molecule has 0 bridgehead atoms. The van der Waals surface area contributed by atoms with Crippen molar-refractivity contribution in [3.8, 4) is 0 Å². The van der Waals surface area contributed by atoms with E-state index in [0.29, 0.717) is 5.75 Å². The Labute approximate surface area is 99.5 Å². The standard InChI is InChI=1S/C12H15NO2S/c14-12(15)11-9-16-7-6-13(11)8-10-4-2-1-3-5-10/h1-5,11H,6-9H2,(H,14,15). The van der Waals surface area contributed by atoms with Gasteiger partial charge in [-0.3, -0.25) is 9.69 Å². The largest absolute Gasteiger partial charge is 0.480 e. The van der Waals surface area contributed by atoms with E-state index in [1.54, 1.807) is 11.8 Å². The number of rotatable bonds is 3. The second-order valence-corrected chi connectivity index (χ2v) is 5.03. The van der Waals surface area contributed by atoms with Crippen LogP contribution in [0.3, 0.4) is 0 Å². The minimum absolute atomic E-state index is 0.334.